The van der Waals surface area contributed by atoms with Crippen LogP contribution in [0.5, 0.6) is 0 Å². The number of benzene rings is 1. The van der Waals surface area contributed by atoms with Crippen molar-refractivity contribution in [3.05, 3.63) is 35.4 Å². The lowest BCUT2D eigenvalue weighted by atomic mass is 10.2. The van der Waals surface area contributed by atoms with E-state index in [4.69, 9.17) is 5.11 Å². The first kappa shape index (κ1) is 10.6. The molecule has 0 aromatic heterocycles. The van der Waals surface area contributed by atoms with Crippen molar-refractivity contribution in [2.45, 2.75) is 0 Å². The van der Waals surface area contributed by atoms with Crippen LogP contribution in [0, 0.1) is 11.6 Å². The predicted molar refractivity (Wildman–Crippen MR) is 43.7 cm³/mol. The summed E-state index contributed by atoms with van der Waals surface area (Å²) in [6, 6.07) is 2.38. The maximum absolute atomic E-state index is 12.6. The quantitative estimate of drug-likeness (QED) is 0.747. The average Bonchev–Trinajstić information content (AvgIpc) is 2.12. The number of rotatable bonds is 3. The van der Waals surface area contributed by atoms with Crippen molar-refractivity contribution in [2.24, 2.45) is 0 Å². The highest BCUT2D eigenvalue weighted by Crippen LogP contribution is 2.08. The lowest BCUT2D eigenvalue weighted by Crippen LogP contribution is -2.09. The molecular weight excluding hydrogens is 194 g/mol. The molecule has 0 heterocycles. The summed E-state index contributed by atoms with van der Waals surface area (Å²) in [5.41, 5.74) is -0.212. The van der Waals surface area contributed by atoms with Crippen LogP contribution >= 0.6 is 0 Å². The molecule has 14 heavy (non-hydrogen) atoms. The van der Waals surface area contributed by atoms with Gasteiger partial charge in [-0.15, -0.1) is 0 Å². The molecule has 1 aromatic rings. The highest BCUT2D eigenvalue weighted by molar-refractivity contribution is 5.89. The van der Waals surface area contributed by atoms with Crippen LogP contribution in [0.25, 0.3) is 0 Å². The van der Waals surface area contributed by atoms with Gasteiger partial charge in [0.1, 0.15) is 18.2 Å². The summed E-state index contributed by atoms with van der Waals surface area (Å²) in [4.78, 5) is 11.0. The van der Waals surface area contributed by atoms with Crippen molar-refractivity contribution in [3.63, 3.8) is 0 Å². The lowest BCUT2D eigenvalue weighted by molar-refractivity contribution is 0.0432. The Bertz CT molecular complexity index is 319. The van der Waals surface area contributed by atoms with Crippen LogP contribution < -0.4 is 0 Å². The summed E-state index contributed by atoms with van der Waals surface area (Å²) < 4.78 is 29.7. The molecule has 0 saturated heterocycles. The van der Waals surface area contributed by atoms with E-state index in [1.807, 2.05) is 0 Å². The Hall–Kier alpha value is -1.49. The van der Waals surface area contributed by atoms with Gasteiger partial charge < -0.3 is 9.84 Å². The Labute approximate surface area is 78.9 Å². The molecule has 3 nitrogen and oxygen atoms in total. The largest absolute Gasteiger partial charge is 0.460 e. The molecule has 0 aliphatic carbocycles. The van der Waals surface area contributed by atoms with Gasteiger partial charge in [-0.05, 0) is 12.1 Å². The van der Waals surface area contributed by atoms with Gasteiger partial charge in [-0.2, -0.15) is 0 Å². The molecule has 0 aliphatic heterocycles. The van der Waals surface area contributed by atoms with Crippen LogP contribution in [0.2, 0.25) is 0 Å². The molecule has 0 radical (unpaired) electrons. The van der Waals surface area contributed by atoms with Crippen LogP contribution in [-0.2, 0) is 4.74 Å². The smallest absolute Gasteiger partial charge is 0.338 e. The Kier molecular flexibility index (Phi) is 3.53. The first-order valence-corrected chi connectivity index (χ1v) is 3.87. The van der Waals surface area contributed by atoms with E-state index in [1.54, 1.807) is 0 Å². The zero-order valence-corrected chi connectivity index (χ0v) is 7.17. The maximum Gasteiger partial charge on any atom is 0.338 e. The fraction of sp³-hybridized carbons (Fsp3) is 0.222. The van der Waals surface area contributed by atoms with Crippen LogP contribution in [0.15, 0.2) is 18.2 Å². The third kappa shape index (κ3) is 2.77. The van der Waals surface area contributed by atoms with Gasteiger partial charge in [-0.3, -0.25) is 0 Å². The number of hydrogen-bond acceptors (Lipinski definition) is 3. The minimum atomic E-state index is -0.863. The summed E-state index contributed by atoms with van der Waals surface area (Å²) >= 11 is 0. The normalized spacial score (nSPS) is 9.93. The van der Waals surface area contributed by atoms with E-state index in [0.29, 0.717) is 6.07 Å². The zero-order chi connectivity index (χ0) is 10.6. The number of halogens is 2. The Balaban J connectivity index is 2.79. The first-order valence-electron chi connectivity index (χ1n) is 3.87. The van der Waals surface area contributed by atoms with Gasteiger partial charge in [0, 0.05) is 6.07 Å². The summed E-state index contributed by atoms with van der Waals surface area (Å²) in [5, 5.41) is 8.35. The summed E-state index contributed by atoms with van der Waals surface area (Å²) in [6.07, 6.45) is 0. The molecule has 0 atom stereocenters. The Morgan fingerprint density at radius 3 is 2.36 bits per heavy atom. The molecule has 0 aliphatic rings. The number of aliphatic hydroxyl groups excluding tert-OH is 1. The molecule has 0 saturated carbocycles. The molecular formula is C9H8F2O3. The number of carbonyl (C=O) groups is 1. The third-order valence-electron chi connectivity index (χ3n) is 1.42. The van der Waals surface area contributed by atoms with Crippen molar-refractivity contribution in [3.8, 4) is 0 Å². The number of carbonyl (C=O) groups excluding carboxylic acids is 1. The SMILES string of the molecule is O=C(OCCO)c1cc(F)cc(F)c1. The Morgan fingerprint density at radius 1 is 1.29 bits per heavy atom. The van der Waals surface area contributed by atoms with Crippen LogP contribution in [0.3, 0.4) is 0 Å². The second-order valence-electron chi connectivity index (χ2n) is 2.52. The number of esters is 1. The molecule has 1 N–H and O–H groups in total. The standard InChI is InChI=1S/C9H8F2O3/c10-7-3-6(4-8(11)5-7)9(13)14-2-1-12/h3-5,12H,1-2H2. The van der Waals surface area contributed by atoms with E-state index in [-0.39, 0.29) is 18.8 Å². The van der Waals surface area contributed by atoms with E-state index >= 15 is 0 Å². The van der Waals surface area contributed by atoms with E-state index in [9.17, 15) is 13.6 Å². The molecule has 1 aromatic carbocycles. The second-order valence-corrected chi connectivity index (χ2v) is 2.52. The van der Waals surface area contributed by atoms with Gasteiger partial charge in [0.05, 0.1) is 12.2 Å². The zero-order valence-electron chi connectivity index (χ0n) is 7.17. The van der Waals surface area contributed by atoms with Crippen LogP contribution in [-0.4, -0.2) is 24.3 Å². The van der Waals surface area contributed by atoms with Crippen LogP contribution in [0.4, 0.5) is 8.78 Å². The van der Waals surface area contributed by atoms with Gasteiger partial charge in [-0.25, -0.2) is 13.6 Å². The topological polar surface area (TPSA) is 46.5 Å². The van der Waals surface area contributed by atoms with Gasteiger partial charge in [0.25, 0.3) is 0 Å². The average molecular weight is 202 g/mol. The molecule has 0 bridgehead atoms. The summed E-state index contributed by atoms with van der Waals surface area (Å²) in [5.74, 6) is -2.56. The van der Waals surface area contributed by atoms with Crippen molar-refractivity contribution in [1.29, 1.82) is 0 Å². The third-order valence-corrected chi connectivity index (χ3v) is 1.42. The van der Waals surface area contributed by atoms with Crippen molar-refractivity contribution in [2.75, 3.05) is 13.2 Å². The molecule has 5 heteroatoms. The lowest BCUT2D eigenvalue weighted by Gasteiger charge is -2.02. The minimum Gasteiger partial charge on any atom is -0.460 e. The van der Waals surface area contributed by atoms with E-state index in [1.165, 1.54) is 0 Å². The number of aliphatic hydroxyl groups is 1. The highest BCUT2D eigenvalue weighted by Gasteiger charge is 2.09. The van der Waals surface area contributed by atoms with Crippen molar-refractivity contribution >= 4 is 5.97 Å². The first-order chi connectivity index (χ1) is 6.63. The minimum absolute atomic E-state index is 0.197. The summed E-state index contributed by atoms with van der Waals surface area (Å²) in [7, 11) is 0. The van der Waals surface area contributed by atoms with Gasteiger partial charge in [0.15, 0.2) is 0 Å². The maximum atomic E-state index is 12.6. The van der Waals surface area contributed by atoms with E-state index < -0.39 is 17.6 Å². The number of ether oxygens (including phenoxy) is 1. The molecule has 0 unspecified atom stereocenters. The highest BCUT2D eigenvalue weighted by atomic mass is 19.1. The fourth-order valence-corrected chi connectivity index (χ4v) is 0.893. The van der Waals surface area contributed by atoms with Gasteiger partial charge in [0.2, 0.25) is 0 Å². The van der Waals surface area contributed by atoms with Gasteiger partial charge in [-0.1, -0.05) is 0 Å². The van der Waals surface area contributed by atoms with E-state index in [0.717, 1.165) is 12.1 Å². The molecule has 0 amide bonds. The van der Waals surface area contributed by atoms with Crippen molar-refractivity contribution in [1.82, 2.24) is 0 Å². The van der Waals surface area contributed by atoms with Gasteiger partial charge >= 0.3 is 5.97 Å². The van der Waals surface area contributed by atoms with Crippen LogP contribution in [0.1, 0.15) is 10.4 Å². The predicted octanol–water partition coefficient (Wildman–Crippen LogP) is 1.11. The Morgan fingerprint density at radius 2 is 1.86 bits per heavy atom. The van der Waals surface area contributed by atoms with E-state index in [2.05, 4.69) is 4.74 Å². The summed E-state index contributed by atoms with van der Waals surface area (Å²) in [6.45, 7) is -0.527. The second kappa shape index (κ2) is 4.66. The van der Waals surface area contributed by atoms with Crippen molar-refractivity contribution < 1.29 is 23.4 Å². The fourth-order valence-electron chi connectivity index (χ4n) is 0.893. The molecule has 76 valence electrons. The molecule has 0 fully saturated rings. The monoisotopic (exact) mass is 202 g/mol. The molecule has 1 rings (SSSR count). The number of hydrogen-bond donors (Lipinski definition) is 1. The molecule has 0 spiro atoms.